The number of halogens is 3. The molecule has 7 heteroatoms. The number of nitrogens with one attached hydrogen (secondary N) is 1. The van der Waals surface area contributed by atoms with Gasteiger partial charge in [0.15, 0.2) is 0 Å². The lowest BCUT2D eigenvalue weighted by atomic mass is 10.2. The van der Waals surface area contributed by atoms with Gasteiger partial charge in [-0.25, -0.2) is 4.68 Å². The van der Waals surface area contributed by atoms with Crippen LogP contribution in [-0.4, -0.2) is 9.78 Å². The number of hydrogen-bond acceptors (Lipinski definition) is 3. The van der Waals surface area contributed by atoms with Gasteiger partial charge < -0.3 is 5.32 Å². The molecule has 4 nitrogen and oxygen atoms in total. The molecule has 1 heterocycles. The van der Waals surface area contributed by atoms with E-state index in [4.69, 9.17) is 0 Å². The summed E-state index contributed by atoms with van der Waals surface area (Å²) in [5.74, 6) is 0. The fourth-order valence-electron chi connectivity index (χ4n) is 2.21. The van der Waals surface area contributed by atoms with Crippen LogP contribution >= 0.6 is 0 Å². The van der Waals surface area contributed by atoms with Crippen LogP contribution in [0.2, 0.25) is 0 Å². The van der Waals surface area contributed by atoms with Gasteiger partial charge in [-0.05, 0) is 24.3 Å². The summed E-state index contributed by atoms with van der Waals surface area (Å²) in [7, 11) is 0. The Hall–Kier alpha value is -2.83. The van der Waals surface area contributed by atoms with Crippen LogP contribution in [0, 0.1) is 0 Å². The molecule has 0 unspecified atom stereocenters. The average molecular weight is 319 g/mol. The normalized spacial score (nSPS) is 11.6. The van der Waals surface area contributed by atoms with Crippen LogP contribution in [0.3, 0.4) is 0 Å². The Bertz CT molecular complexity index is 903. The molecule has 3 rings (SSSR count). The fraction of sp³-hybridized carbons (Fsp3) is 0.125. The third-order valence-corrected chi connectivity index (χ3v) is 3.38. The summed E-state index contributed by atoms with van der Waals surface area (Å²) in [6.45, 7) is -0.0228. The van der Waals surface area contributed by atoms with Crippen LogP contribution in [-0.2, 0) is 12.8 Å². The van der Waals surface area contributed by atoms with E-state index in [1.165, 1.54) is 16.8 Å². The molecule has 1 aromatic heterocycles. The Morgan fingerprint density at radius 1 is 1.09 bits per heavy atom. The maximum absolute atomic E-state index is 12.7. The molecule has 0 aliphatic heterocycles. The van der Waals surface area contributed by atoms with E-state index in [2.05, 4.69) is 10.4 Å². The SMILES string of the molecule is O=c1c2ccccc2cnn1CNc1cccc(C(F)(F)F)c1. The van der Waals surface area contributed by atoms with Crippen molar-refractivity contribution in [3.8, 4) is 0 Å². The monoisotopic (exact) mass is 319 g/mol. The summed E-state index contributed by atoms with van der Waals surface area (Å²) in [6.07, 6.45) is -2.86. The number of rotatable bonds is 3. The smallest absolute Gasteiger partial charge is 0.366 e. The van der Waals surface area contributed by atoms with Crippen molar-refractivity contribution in [1.29, 1.82) is 0 Å². The molecule has 23 heavy (non-hydrogen) atoms. The van der Waals surface area contributed by atoms with Gasteiger partial charge >= 0.3 is 6.18 Å². The van der Waals surface area contributed by atoms with Gasteiger partial charge in [0.1, 0.15) is 6.67 Å². The highest BCUT2D eigenvalue weighted by Gasteiger charge is 2.30. The van der Waals surface area contributed by atoms with Crippen LogP contribution in [0.25, 0.3) is 10.8 Å². The molecule has 2 aromatic carbocycles. The Morgan fingerprint density at radius 3 is 2.65 bits per heavy atom. The van der Waals surface area contributed by atoms with Crippen molar-refractivity contribution in [2.24, 2.45) is 0 Å². The minimum atomic E-state index is -4.41. The second-order valence-electron chi connectivity index (χ2n) is 4.95. The van der Waals surface area contributed by atoms with Gasteiger partial charge in [0.25, 0.3) is 5.56 Å². The minimum absolute atomic E-state index is 0.0228. The summed E-state index contributed by atoms with van der Waals surface area (Å²) < 4.78 is 39.2. The van der Waals surface area contributed by atoms with Crippen LogP contribution < -0.4 is 10.9 Å². The number of aromatic nitrogens is 2. The zero-order chi connectivity index (χ0) is 16.4. The van der Waals surface area contributed by atoms with Gasteiger partial charge in [0.2, 0.25) is 0 Å². The van der Waals surface area contributed by atoms with Crippen LogP contribution in [0.5, 0.6) is 0 Å². The summed E-state index contributed by atoms with van der Waals surface area (Å²) in [5, 5.41) is 8.01. The molecule has 0 bridgehead atoms. The van der Waals surface area contributed by atoms with E-state index >= 15 is 0 Å². The highest BCUT2D eigenvalue weighted by atomic mass is 19.4. The highest BCUT2D eigenvalue weighted by molar-refractivity contribution is 5.80. The van der Waals surface area contributed by atoms with Crippen molar-refractivity contribution in [3.05, 3.63) is 70.6 Å². The molecule has 1 N–H and O–H groups in total. The number of hydrogen-bond donors (Lipinski definition) is 1. The third-order valence-electron chi connectivity index (χ3n) is 3.38. The Morgan fingerprint density at radius 2 is 1.87 bits per heavy atom. The van der Waals surface area contributed by atoms with Gasteiger partial charge in [-0.15, -0.1) is 0 Å². The second kappa shape index (κ2) is 5.75. The summed E-state index contributed by atoms with van der Waals surface area (Å²) >= 11 is 0. The number of alkyl halides is 3. The first-order valence-electron chi connectivity index (χ1n) is 6.81. The van der Waals surface area contributed by atoms with E-state index in [-0.39, 0.29) is 17.9 Å². The molecular formula is C16H12F3N3O. The van der Waals surface area contributed by atoms with Crippen LogP contribution in [0.1, 0.15) is 5.56 Å². The van der Waals surface area contributed by atoms with Gasteiger partial charge in [0, 0.05) is 11.1 Å². The molecule has 0 aliphatic rings. The molecule has 0 radical (unpaired) electrons. The molecular weight excluding hydrogens is 307 g/mol. The molecule has 118 valence electrons. The molecule has 3 aromatic rings. The topological polar surface area (TPSA) is 46.9 Å². The third kappa shape index (κ3) is 3.18. The van der Waals surface area contributed by atoms with Crippen molar-refractivity contribution in [2.45, 2.75) is 12.8 Å². The Balaban J connectivity index is 1.84. The largest absolute Gasteiger partial charge is 0.416 e. The van der Waals surface area contributed by atoms with E-state index in [1.807, 2.05) is 0 Å². The maximum atomic E-state index is 12.7. The number of fused-ring (bicyclic) bond motifs is 1. The second-order valence-corrected chi connectivity index (χ2v) is 4.95. The number of anilines is 1. The molecule has 0 spiro atoms. The summed E-state index contributed by atoms with van der Waals surface area (Å²) in [4.78, 5) is 12.3. The van der Waals surface area contributed by atoms with Crippen molar-refractivity contribution in [2.75, 3.05) is 5.32 Å². The molecule has 0 saturated heterocycles. The lowest BCUT2D eigenvalue weighted by molar-refractivity contribution is -0.137. The van der Waals surface area contributed by atoms with Gasteiger partial charge in [-0.3, -0.25) is 4.79 Å². The minimum Gasteiger partial charge on any atom is -0.366 e. The Kier molecular flexibility index (Phi) is 3.77. The summed E-state index contributed by atoms with van der Waals surface area (Å²) in [6, 6.07) is 11.8. The standard InChI is InChI=1S/C16H12F3N3O/c17-16(18,19)12-5-3-6-13(8-12)20-10-22-15(23)14-7-2-1-4-11(14)9-21-22/h1-9,20H,10H2. The predicted molar refractivity (Wildman–Crippen MR) is 81.1 cm³/mol. The molecule has 0 fully saturated rings. The fourth-order valence-corrected chi connectivity index (χ4v) is 2.21. The van der Waals surface area contributed by atoms with E-state index in [1.54, 1.807) is 30.5 Å². The number of benzene rings is 2. The molecule has 0 amide bonds. The van der Waals surface area contributed by atoms with E-state index in [0.717, 1.165) is 12.1 Å². The lowest BCUT2D eigenvalue weighted by Crippen LogP contribution is -2.26. The van der Waals surface area contributed by atoms with Gasteiger partial charge in [-0.2, -0.15) is 18.3 Å². The van der Waals surface area contributed by atoms with Gasteiger partial charge in [-0.1, -0.05) is 24.3 Å². The number of nitrogens with zero attached hydrogens (tertiary/aromatic N) is 2. The zero-order valence-electron chi connectivity index (χ0n) is 11.8. The van der Waals surface area contributed by atoms with Crippen LogP contribution in [0.15, 0.2) is 59.5 Å². The van der Waals surface area contributed by atoms with E-state index in [0.29, 0.717) is 10.8 Å². The maximum Gasteiger partial charge on any atom is 0.416 e. The predicted octanol–water partition coefficient (Wildman–Crippen LogP) is 3.48. The van der Waals surface area contributed by atoms with Gasteiger partial charge in [0.05, 0.1) is 17.1 Å². The zero-order valence-corrected chi connectivity index (χ0v) is 11.8. The molecule has 0 saturated carbocycles. The Labute approximate surface area is 129 Å². The van der Waals surface area contributed by atoms with Crippen molar-refractivity contribution >= 4 is 16.5 Å². The quantitative estimate of drug-likeness (QED) is 0.804. The first-order chi connectivity index (χ1) is 10.9. The van der Waals surface area contributed by atoms with Crippen LogP contribution in [0.4, 0.5) is 18.9 Å². The molecule has 0 aliphatic carbocycles. The first-order valence-corrected chi connectivity index (χ1v) is 6.81. The average Bonchev–Trinajstić information content (AvgIpc) is 2.54. The first kappa shape index (κ1) is 15.1. The molecule has 0 atom stereocenters. The van der Waals surface area contributed by atoms with Crippen molar-refractivity contribution in [3.63, 3.8) is 0 Å². The highest BCUT2D eigenvalue weighted by Crippen LogP contribution is 2.30. The lowest BCUT2D eigenvalue weighted by Gasteiger charge is -2.11. The van der Waals surface area contributed by atoms with Crippen molar-refractivity contribution in [1.82, 2.24) is 9.78 Å². The van der Waals surface area contributed by atoms with E-state index in [9.17, 15) is 18.0 Å². The summed E-state index contributed by atoms with van der Waals surface area (Å²) in [5.41, 5.74) is -0.787. The van der Waals surface area contributed by atoms with Crippen molar-refractivity contribution < 1.29 is 13.2 Å². The van der Waals surface area contributed by atoms with E-state index < -0.39 is 11.7 Å².